The number of Topliss-reactive ketones (excluding diaryl/α,β-unsaturated/α-hetero) is 1. The summed E-state index contributed by atoms with van der Waals surface area (Å²) in [6.07, 6.45) is 0.808. The molecule has 168 valence electrons. The fourth-order valence-electron chi connectivity index (χ4n) is 3.73. The lowest BCUT2D eigenvalue weighted by molar-refractivity contribution is -0.154. The third kappa shape index (κ3) is 5.75. The van der Waals surface area contributed by atoms with E-state index in [-0.39, 0.29) is 35.4 Å². The fourth-order valence-corrected chi connectivity index (χ4v) is 3.73. The fraction of sp³-hybridized carbons (Fsp3) is 0.458. The molecule has 0 aliphatic carbocycles. The van der Waals surface area contributed by atoms with Crippen LogP contribution >= 0.6 is 0 Å². The van der Waals surface area contributed by atoms with Gasteiger partial charge in [-0.25, -0.2) is 4.98 Å². The van der Waals surface area contributed by atoms with E-state index in [1.165, 1.54) is 19.4 Å². The van der Waals surface area contributed by atoms with Crippen molar-refractivity contribution in [1.29, 1.82) is 0 Å². The van der Waals surface area contributed by atoms with Gasteiger partial charge in [-0.1, -0.05) is 39.0 Å². The van der Waals surface area contributed by atoms with Crippen molar-refractivity contribution in [2.45, 2.75) is 46.1 Å². The van der Waals surface area contributed by atoms with Gasteiger partial charge in [0.1, 0.15) is 11.9 Å². The normalized spacial score (nSPS) is 13.9. The van der Waals surface area contributed by atoms with Gasteiger partial charge < -0.3 is 19.3 Å². The summed E-state index contributed by atoms with van der Waals surface area (Å²) in [5.41, 5.74) is 0.843. The van der Waals surface area contributed by atoms with E-state index >= 15 is 0 Å². The Morgan fingerprint density at radius 3 is 2.26 bits per heavy atom. The van der Waals surface area contributed by atoms with Crippen molar-refractivity contribution in [1.82, 2.24) is 4.98 Å². The lowest BCUT2D eigenvalue weighted by Gasteiger charge is -2.29. The molecule has 3 atom stereocenters. The second-order valence-corrected chi connectivity index (χ2v) is 7.89. The SMILES string of the molecule is COc1ccccc1[C@H](C(C)C)[C@H](C)OC(=O)[C@H](C)CC(=O)c1nccc(OC)c1O. The van der Waals surface area contributed by atoms with Gasteiger partial charge in [-0.05, 0) is 18.9 Å². The molecule has 0 aliphatic rings. The Kier molecular flexibility index (Phi) is 8.42. The zero-order valence-corrected chi connectivity index (χ0v) is 18.9. The molecular weight excluding hydrogens is 398 g/mol. The molecule has 0 saturated heterocycles. The minimum absolute atomic E-state index is 0.0768. The number of benzene rings is 1. The maximum absolute atomic E-state index is 12.7. The molecule has 0 fully saturated rings. The topological polar surface area (TPSA) is 95.0 Å². The maximum Gasteiger partial charge on any atom is 0.309 e. The number of para-hydroxylation sites is 1. The number of methoxy groups -OCH3 is 2. The Morgan fingerprint density at radius 1 is 1.00 bits per heavy atom. The number of ether oxygens (including phenoxy) is 3. The summed E-state index contributed by atoms with van der Waals surface area (Å²) in [5.74, 6) is -0.970. The average molecular weight is 430 g/mol. The summed E-state index contributed by atoms with van der Waals surface area (Å²) in [6.45, 7) is 7.59. The minimum Gasteiger partial charge on any atom is -0.503 e. The van der Waals surface area contributed by atoms with Gasteiger partial charge in [0.2, 0.25) is 0 Å². The Bertz CT molecular complexity index is 911. The summed E-state index contributed by atoms with van der Waals surface area (Å²) < 4.78 is 16.2. The molecule has 1 heterocycles. The molecular formula is C24H31NO6. The van der Waals surface area contributed by atoms with Crippen molar-refractivity contribution in [3.8, 4) is 17.2 Å². The molecule has 0 unspecified atom stereocenters. The molecule has 2 aromatic rings. The average Bonchev–Trinajstić information content (AvgIpc) is 2.73. The second-order valence-electron chi connectivity index (χ2n) is 7.89. The first-order valence-electron chi connectivity index (χ1n) is 10.3. The Morgan fingerprint density at radius 2 is 1.65 bits per heavy atom. The lowest BCUT2D eigenvalue weighted by Crippen LogP contribution is -2.29. The summed E-state index contributed by atoms with van der Waals surface area (Å²) in [6, 6.07) is 9.13. The van der Waals surface area contributed by atoms with E-state index in [1.807, 2.05) is 31.2 Å². The van der Waals surface area contributed by atoms with Gasteiger partial charge >= 0.3 is 5.97 Å². The number of esters is 1. The van der Waals surface area contributed by atoms with Crippen LogP contribution in [0.1, 0.15) is 56.1 Å². The number of ketones is 1. The molecule has 0 aliphatic heterocycles. The van der Waals surface area contributed by atoms with Crippen LogP contribution in [0.15, 0.2) is 36.5 Å². The van der Waals surface area contributed by atoms with E-state index in [9.17, 15) is 14.7 Å². The van der Waals surface area contributed by atoms with Crippen molar-refractivity contribution >= 4 is 11.8 Å². The third-order valence-corrected chi connectivity index (χ3v) is 5.29. The molecule has 0 amide bonds. The third-order valence-electron chi connectivity index (χ3n) is 5.29. The lowest BCUT2D eigenvalue weighted by atomic mass is 9.84. The molecule has 7 heteroatoms. The van der Waals surface area contributed by atoms with Crippen LogP contribution in [0, 0.1) is 11.8 Å². The van der Waals surface area contributed by atoms with Gasteiger partial charge in [-0.15, -0.1) is 0 Å². The highest BCUT2D eigenvalue weighted by Crippen LogP contribution is 2.36. The summed E-state index contributed by atoms with van der Waals surface area (Å²) >= 11 is 0. The predicted octanol–water partition coefficient (Wildman–Crippen LogP) is 4.38. The molecule has 1 aromatic carbocycles. The number of carbonyl (C=O) groups is 2. The van der Waals surface area contributed by atoms with E-state index < -0.39 is 23.8 Å². The number of aromatic hydroxyl groups is 1. The van der Waals surface area contributed by atoms with Crippen LogP contribution in [0.2, 0.25) is 0 Å². The molecule has 31 heavy (non-hydrogen) atoms. The Hall–Kier alpha value is -3.09. The molecule has 1 aromatic heterocycles. The van der Waals surface area contributed by atoms with Crippen molar-refractivity contribution < 1.29 is 28.9 Å². The van der Waals surface area contributed by atoms with Crippen LogP contribution in [0.5, 0.6) is 17.2 Å². The Labute approximate surface area is 183 Å². The molecule has 0 spiro atoms. The zero-order valence-electron chi connectivity index (χ0n) is 18.9. The van der Waals surface area contributed by atoms with Crippen LogP contribution in [0.3, 0.4) is 0 Å². The van der Waals surface area contributed by atoms with Gasteiger partial charge in [0.25, 0.3) is 0 Å². The van der Waals surface area contributed by atoms with Crippen LogP contribution in [0.4, 0.5) is 0 Å². The number of carbonyl (C=O) groups excluding carboxylic acids is 2. The largest absolute Gasteiger partial charge is 0.503 e. The second kappa shape index (κ2) is 10.8. The number of hydrogen-bond donors (Lipinski definition) is 1. The van der Waals surface area contributed by atoms with Gasteiger partial charge in [-0.3, -0.25) is 9.59 Å². The summed E-state index contributed by atoms with van der Waals surface area (Å²) in [7, 11) is 3.00. The van der Waals surface area contributed by atoms with E-state index in [0.29, 0.717) is 0 Å². The number of pyridine rings is 1. The highest BCUT2D eigenvalue weighted by atomic mass is 16.5. The van der Waals surface area contributed by atoms with Crippen molar-refractivity contribution in [3.63, 3.8) is 0 Å². The van der Waals surface area contributed by atoms with E-state index in [4.69, 9.17) is 14.2 Å². The van der Waals surface area contributed by atoms with Gasteiger partial charge in [-0.2, -0.15) is 0 Å². The molecule has 0 saturated carbocycles. The first-order chi connectivity index (χ1) is 14.7. The standard InChI is InChI=1S/C24H31NO6/c1-14(2)21(17-9-7-8-10-19(17)29-5)16(4)31-24(28)15(3)13-18(26)22-23(27)20(30-6)11-12-25-22/h7-12,14-16,21,27H,13H2,1-6H3/t15-,16+,21-/m1/s1. The van der Waals surface area contributed by atoms with E-state index in [1.54, 1.807) is 14.0 Å². The van der Waals surface area contributed by atoms with Gasteiger partial charge in [0, 0.05) is 30.2 Å². The number of rotatable bonds is 10. The molecule has 2 rings (SSSR count). The number of hydrogen-bond acceptors (Lipinski definition) is 7. The Balaban J connectivity index is 2.11. The molecule has 0 radical (unpaired) electrons. The number of nitrogens with zero attached hydrogens (tertiary/aromatic N) is 1. The molecule has 0 bridgehead atoms. The van der Waals surface area contributed by atoms with Crippen LogP contribution < -0.4 is 9.47 Å². The van der Waals surface area contributed by atoms with Crippen LogP contribution in [-0.4, -0.2) is 42.2 Å². The van der Waals surface area contributed by atoms with E-state index in [0.717, 1.165) is 11.3 Å². The quantitative estimate of drug-likeness (QED) is 0.442. The highest BCUT2D eigenvalue weighted by Gasteiger charge is 2.30. The summed E-state index contributed by atoms with van der Waals surface area (Å²) in [4.78, 5) is 29.2. The van der Waals surface area contributed by atoms with Crippen molar-refractivity contribution in [3.05, 3.63) is 47.8 Å². The molecule has 1 N–H and O–H groups in total. The first kappa shape index (κ1) is 24.2. The van der Waals surface area contributed by atoms with Gasteiger partial charge in [0.05, 0.1) is 20.1 Å². The molecule has 7 nitrogen and oxygen atoms in total. The van der Waals surface area contributed by atoms with Crippen LogP contribution in [0.25, 0.3) is 0 Å². The van der Waals surface area contributed by atoms with Gasteiger partial charge in [0.15, 0.2) is 23.0 Å². The van der Waals surface area contributed by atoms with Crippen molar-refractivity contribution in [2.24, 2.45) is 11.8 Å². The monoisotopic (exact) mass is 429 g/mol. The van der Waals surface area contributed by atoms with E-state index in [2.05, 4.69) is 18.8 Å². The smallest absolute Gasteiger partial charge is 0.309 e. The highest BCUT2D eigenvalue weighted by molar-refractivity contribution is 5.99. The number of aromatic nitrogens is 1. The summed E-state index contributed by atoms with van der Waals surface area (Å²) in [5, 5.41) is 10.1. The van der Waals surface area contributed by atoms with Crippen LogP contribution in [-0.2, 0) is 9.53 Å². The predicted molar refractivity (Wildman–Crippen MR) is 117 cm³/mol. The minimum atomic E-state index is -0.701. The van der Waals surface area contributed by atoms with Crippen molar-refractivity contribution in [2.75, 3.05) is 14.2 Å². The first-order valence-corrected chi connectivity index (χ1v) is 10.3. The maximum atomic E-state index is 12.7. The zero-order chi connectivity index (χ0) is 23.1.